The van der Waals surface area contributed by atoms with Crippen molar-refractivity contribution in [1.29, 1.82) is 0 Å². The van der Waals surface area contributed by atoms with Gasteiger partial charge in [-0.2, -0.15) is 5.10 Å². The van der Waals surface area contributed by atoms with Gasteiger partial charge in [0.15, 0.2) is 0 Å². The highest BCUT2D eigenvalue weighted by molar-refractivity contribution is 5.33. The smallest absolute Gasteiger partial charge is 0.269 e. The van der Waals surface area contributed by atoms with Crippen molar-refractivity contribution >= 4 is 5.69 Å². The molecule has 2 N–H and O–H groups in total. The van der Waals surface area contributed by atoms with Crippen LogP contribution in [0.4, 0.5) is 5.69 Å². The average Bonchev–Trinajstić information content (AvgIpc) is 2.75. The Labute approximate surface area is 117 Å². The Morgan fingerprint density at radius 1 is 1.30 bits per heavy atom. The normalized spacial score (nSPS) is 10.7. The van der Waals surface area contributed by atoms with E-state index in [9.17, 15) is 10.1 Å². The van der Waals surface area contributed by atoms with E-state index in [1.807, 2.05) is 13.8 Å². The van der Waals surface area contributed by atoms with Gasteiger partial charge in [-0.3, -0.25) is 15.2 Å². The van der Waals surface area contributed by atoms with Crippen molar-refractivity contribution in [2.75, 3.05) is 6.54 Å². The van der Waals surface area contributed by atoms with Crippen LogP contribution in [0.15, 0.2) is 24.3 Å². The third-order valence-electron chi connectivity index (χ3n) is 3.32. The van der Waals surface area contributed by atoms with Crippen molar-refractivity contribution in [3.63, 3.8) is 0 Å². The lowest BCUT2D eigenvalue weighted by atomic mass is 10.1. The molecule has 0 aliphatic heterocycles. The number of rotatable bonds is 6. The summed E-state index contributed by atoms with van der Waals surface area (Å²) in [6.45, 7) is 5.59. The first-order valence-electron chi connectivity index (χ1n) is 6.52. The summed E-state index contributed by atoms with van der Waals surface area (Å²) in [6, 6.07) is 6.68. The number of H-pyrrole nitrogens is 1. The van der Waals surface area contributed by atoms with Crippen molar-refractivity contribution in [2.24, 2.45) is 0 Å². The molecule has 0 amide bonds. The fraction of sp³-hybridized carbons (Fsp3) is 0.357. The molecule has 0 saturated heterocycles. The number of hydrogen-bond acceptors (Lipinski definition) is 4. The molecule has 1 heterocycles. The molecule has 2 aromatic rings. The van der Waals surface area contributed by atoms with Crippen LogP contribution in [0.1, 0.15) is 22.5 Å². The molecule has 1 aromatic carbocycles. The Kier molecular flexibility index (Phi) is 4.47. The first kappa shape index (κ1) is 14.2. The topological polar surface area (TPSA) is 83.8 Å². The van der Waals surface area contributed by atoms with E-state index in [-0.39, 0.29) is 10.6 Å². The number of aryl methyl sites for hydroxylation is 2. The number of hydrogen-bond donors (Lipinski definition) is 2. The van der Waals surface area contributed by atoms with E-state index < -0.39 is 0 Å². The lowest BCUT2D eigenvalue weighted by molar-refractivity contribution is -0.384. The van der Waals surface area contributed by atoms with Crippen molar-refractivity contribution in [2.45, 2.75) is 26.8 Å². The SMILES string of the molecule is Cc1n[nH]c(C)c1CNCCc1ccc([N+](=O)[O-])cc1. The van der Waals surface area contributed by atoms with E-state index >= 15 is 0 Å². The van der Waals surface area contributed by atoms with Crippen LogP contribution in [0.2, 0.25) is 0 Å². The third-order valence-corrected chi connectivity index (χ3v) is 3.32. The molecule has 0 atom stereocenters. The van der Waals surface area contributed by atoms with Gasteiger partial charge >= 0.3 is 0 Å². The Morgan fingerprint density at radius 3 is 2.55 bits per heavy atom. The number of nitrogens with zero attached hydrogens (tertiary/aromatic N) is 2. The molecule has 0 aliphatic carbocycles. The summed E-state index contributed by atoms with van der Waals surface area (Å²) in [4.78, 5) is 10.2. The van der Waals surface area contributed by atoms with Gasteiger partial charge in [-0.05, 0) is 32.4 Å². The quantitative estimate of drug-likeness (QED) is 0.481. The Balaban J connectivity index is 1.80. The van der Waals surface area contributed by atoms with Crippen LogP contribution in [0, 0.1) is 24.0 Å². The molecule has 6 nitrogen and oxygen atoms in total. The van der Waals surface area contributed by atoms with Gasteiger partial charge in [0.25, 0.3) is 5.69 Å². The second-order valence-corrected chi connectivity index (χ2v) is 4.76. The van der Waals surface area contributed by atoms with Crippen molar-refractivity contribution in [3.8, 4) is 0 Å². The molecule has 6 heteroatoms. The maximum atomic E-state index is 10.6. The van der Waals surface area contributed by atoms with Gasteiger partial charge in [-0.1, -0.05) is 12.1 Å². The molecule has 0 unspecified atom stereocenters. The van der Waals surface area contributed by atoms with E-state index in [2.05, 4.69) is 15.5 Å². The van der Waals surface area contributed by atoms with Crippen molar-refractivity contribution in [3.05, 3.63) is 56.9 Å². The third kappa shape index (κ3) is 3.42. The summed E-state index contributed by atoms with van der Waals surface area (Å²) in [5.74, 6) is 0. The number of nitrogens with one attached hydrogen (secondary N) is 2. The molecule has 0 saturated carbocycles. The van der Waals surface area contributed by atoms with Crippen LogP contribution in [-0.4, -0.2) is 21.7 Å². The number of benzene rings is 1. The highest BCUT2D eigenvalue weighted by Crippen LogP contribution is 2.12. The molecular weight excluding hydrogens is 256 g/mol. The monoisotopic (exact) mass is 274 g/mol. The number of aromatic nitrogens is 2. The zero-order chi connectivity index (χ0) is 14.5. The minimum absolute atomic E-state index is 0.131. The van der Waals surface area contributed by atoms with Gasteiger partial charge < -0.3 is 5.32 Å². The second-order valence-electron chi connectivity index (χ2n) is 4.76. The van der Waals surface area contributed by atoms with Gasteiger partial charge in [0.1, 0.15) is 0 Å². The Morgan fingerprint density at radius 2 is 2.00 bits per heavy atom. The first-order valence-corrected chi connectivity index (χ1v) is 6.52. The van der Waals surface area contributed by atoms with Gasteiger partial charge in [0.05, 0.1) is 10.6 Å². The molecular formula is C14H18N4O2. The Hall–Kier alpha value is -2.21. The van der Waals surface area contributed by atoms with Crippen LogP contribution < -0.4 is 5.32 Å². The van der Waals surface area contributed by atoms with E-state index in [1.165, 1.54) is 5.56 Å². The average molecular weight is 274 g/mol. The van der Waals surface area contributed by atoms with Crippen molar-refractivity contribution < 1.29 is 4.92 Å². The summed E-state index contributed by atoms with van der Waals surface area (Å²) >= 11 is 0. The zero-order valence-corrected chi connectivity index (χ0v) is 11.6. The molecule has 2 rings (SSSR count). The lowest BCUT2D eigenvalue weighted by Gasteiger charge is -2.05. The second kappa shape index (κ2) is 6.29. The highest BCUT2D eigenvalue weighted by Gasteiger charge is 2.06. The predicted octanol–water partition coefficient (Wildman–Crippen LogP) is 2.27. The molecule has 0 fully saturated rings. The summed E-state index contributed by atoms with van der Waals surface area (Å²) < 4.78 is 0. The van der Waals surface area contributed by atoms with Crippen LogP contribution in [0.3, 0.4) is 0 Å². The van der Waals surface area contributed by atoms with Gasteiger partial charge in [0.2, 0.25) is 0 Å². The van der Waals surface area contributed by atoms with Gasteiger partial charge in [0, 0.05) is 29.9 Å². The van der Waals surface area contributed by atoms with E-state index in [4.69, 9.17) is 0 Å². The molecule has 1 aromatic heterocycles. The minimum atomic E-state index is -0.382. The van der Waals surface area contributed by atoms with Gasteiger partial charge in [-0.25, -0.2) is 0 Å². The lowest BCUT2D eigenvalue weighted by Crippen LogP contribution is -2.17. The van der Waals surface area contributed by atoms with E-state index in [1.54, 1.807) is 24.3 Å². The molecule has 20 heavy (non-hydrogen) atoms. The molecule has 0 spiro atoms. The summed E-state index contributed by atoms with van der Waals surface area (Å²) in [6.07, 6.45) is 0.841. The number of nitro groups is 1. The summed E-state index contributed by atoms with van der Waals surface area (Å²) in [7, 11) is 0. The van der Waals surface area contributed by atoms with Gasteiger partial charge in [-0.15, -0.1) is 0 Å². The standard InChI is InChI=1S/C14H18N4O2/c1-10-14(11(2)17-16-10)9-15-8-7-12-3-5-13(6-4-12)18(19)20/h3-6,15H,7-9H2,1-2H3,(H,16,17). The first-order chi connectivity index (χ1) is 9.58. The Bertz CT molecular complexity index is 570. The summed E-state index contributed by atoms with van der Waals surface area (Å²) in [5.41, 5.74) is 4.53. The fourth-order valence-corrected chi connectivity index (χ4v) is 2.06. The van der Waals surface area contributed by atoms with Crippen molar-refractivity contribution in [1.82, 2.24) is 15.5 Å². The molecule has 0 radical (unpaired) electrons. The maximum absolute atomic E-state index is 10.6. The summed E-state index contributed by atoms with van der Waals surface area (Å²) in [5, 5.41) is 21.0. The van der Waals surface area contributed by atoms with Crippen LogP contribution in [-0.2, 0) is 13.0 Å². The van der Waals surface area contributed by atoms with Crippen LogP contribution in [0.5, 0.6) is 0 Å². The molecule has 0 bridgehead atoms. The van der Waals surface area contributed by atoms with E-state index in [0.717, 1.165) is 36.5 Å². The number of nitro benzene ring substituents is 1. The number of aromatic amines is 1. The molecule has 0 aliphatic rings. The van der Waals surface area contributed by atoms with Crippen LogP contribution >= 0.6 is 0 Å². The highest BCUT2D eigenvalue weighted by atomic mass is 16.6. The molecule has 106 valence electrons. The fourth-order valence-electron chi connectivity index (χ4n) is 2.06. The number of non-ortho nitro benzene ring substituents is 1. The zero-order valence-electron chi connectivity index (χ0n) is 11.6. The van der Waals surface area contributed by atoms with E-state index in [0.29, 0.717) is 0 Å². The maximum Gasteiger partial charge on any atom is 0.269 e. The minimum Gasteiger partial charge on any atom is -0.312 e. The van der Waals surface area contributed by atoms with Crippen LogP contribution in [0.25, 0.3) is 0 Å². The largest absolute Gasteiger partial charge is 0.312 e. The predicted molar refractivity (Wildman–Crippen MR) is 76.6 cm³/mol.